The smallest absolute Gasteiger partial charge is 0.243 e. The minimum Gasteiger partial charge on any atom is -0.311 e. The molecule has 0 aliphatic carbocycles. The molecule has 1 N–H and O–H groups in total. The van der Waals surface area contributed by atoms with E-state index in [9.17, 15) is 17.2 Å². The van der Waals surface area contributed by atoms with Gasteiger partial charge in [0.1, 0.15) is 11.6 Å². The summed E-state index contributed by atoms with van der Waals surface area (Å²) in [6.45, 7) is 0.965. The Labute approximate surface area is 104 Å². The van der Waals surface area contributed by atoms with Crippen molar-refractivity contribution in [3.63, 3.8) is 0 Å². The zero-order valence-electron chi connectivity index (χ0n) is 9.44. The van der Waals surface area contributed by atoms with E-state index in [4.69, 9.17) is 0 Å². The van der Waals surface area contributed by atoms with E-state index in [0.29, 0.717) is 19.2 Å². The lowest BCUT2D eigenvalue weighted by molar-refractivity contribution is 0.348. The summed E-state index contributed by atoms with van der Waals surface area (Å²) in [6, 6.07) is 2.43. The summed E-state index contributed by atoms with van der Waals surface area (Å²) in [5.74, 6) is -1.76. The number of rotatable bonds is 2. The van der Waals surface area contributed by atoms with Gasteiger partial charge in [-0.25, -0.2) is 17.2 Å². The Kier molecular flexibility index (Phi) is 2.65. The first-order chi connectivity index (χ1) is 8.46. The Bertz CT molecular complexity index is 570. The van der Waals surface area contributed by atoms with Crippen molar-refractivity contribution >= 4 is 10.0 Å². The molecule has 2 heterocycles. The number of nitrogens with zero attached hydrogens (tertiary/aromatic N) is 1. The van der Waals surface area contributed by atoms with Gasteiger partial charge in [0, 0.05) is 31.2 Å². The number of fused-ring (bicyclic) bond motifs is 2. The number of halogens is 2. The van der Waals surface area contributed by atoms with Gasteiger partial charge in [-0.1, -0.05) is 0 Å². The maximum absolute atomic E-state index is 13.1. The van der Waals surface area contributed by atoms with Crippen molar-refractivity contribution in [3.05, 3.63) is 29.8 Å². The highest BCUT2D eigenvalue weighted by atomic mass is 32.2. The second-order valence-electron chi connectivity index (χ2n) is 4.67. The molecule has 2 saturated heterocycles. The SMILES string of the molecule is O=S(=O)(c1cc(F)cc(F)c1)N1CC2CC1CN2. The van der Waals surface area contributed by atoms with Gasteiger partial charge < -0.3 is 5.32 Å². The highest BCUT2D eigenvalue weighted by Crippen LogP contribution is 2.30. The normalized spacial score (nSPS) is 27.9. The minimum absolute atomic E-state index is 0.105. The summed E-state index contributed by atoms with van der Waals surface area (Å²) in [5, 5.41) is 3.18. The molecule has 3 rings (SSSR count). The maximum Gasteiger partial charge on any atom is 0.243 e. The lowest BCUT2D eigenvalue weighted by Crippen LogP contribution is -2.46. The van der Waals surface area contributed by atoms with Gasteiger partial charge in [-0.2, -0.15) is 4.31 Å². The predicted molar refractivity (Wildman–Crippen MR) is 60.4 cm³/mol. The molecule has 2 aliphatic rings. The highest BCUT2D eigenvalue weighted by molar-refractivity contribution is 7.89. The molecule has 0 saturated carbocycles. The molecule has 2 unspecified atom stereocenters. The summed E-state index contributed by atoms with van der Waals surface area (Å²) in [7, 11) is -3.80. The largest absolute Gasteiger partial charge is 0.311 e. The first-order valence-corrected chi connectivity index (χ1v) is 7.12. The lowest BCUT2D eigenvalue weighted by Gasteiger charge is -2.26. The fraction of sp³-hybridized carbons (Fsp3) is 0.455. The first-order valence-electron chi connectivity index (χ1n) is 5.68. The average Bonchev–Trinajstić information content (AvgIpc) is 2.89. The summed E-state index contributed by atoms with van der Waals surface area (Å²) < 4.78 is 52.1. The van der Waals surface area contributed by atoms with Crippen LogP contribution in [0.15, 0.2) is 23.1 Å². The molecule has 4 nitrogen and oxygen atoms in total. The van der Waals surface area contributed by atoms with Crippen molar-refractivity contribution in [1.82, 2.24) is 9.62 Å². The Morgan fingerprint density at radius 2 is 1.89 bits per heavy atom. The molecule has 0 amide bonds. The lowest BCUT2D eigenvalue weighted by atomic mass is 10.2. The van der Waals surface area contributed by atoms with Gasteiger partial charge >= 0.3 is 0 Å². The van der Waals surface area contributed by atoms with Gasteiger partial charge in [-0.3, -0.25) is 0 Å². The van der Waals surface area contributed by atoms with Crippen molar-refractivity contribution in [2.75, 3.05) is 13.1 Å². The van der Waals surface area contributed by atoms with Crippen LogP contribution in [0.4, 0.5) is 8.78 Å². The standard InChI is InChI=1S/C11H12F2N2O2S/c12-7-1-8(13)3-11(2-7)18(16,17)15-6-9-4-10(15)5-14-9/h1-3,9-10,14H,4-6H2. The third kappa shape index (κ3) is 1.82. The molecule has 98 valence electrons. The number of hydrogen-bond acceptors (Lipinski definition) is 3. The third-order valence-corrected chi connectivity index (χ3v) is 5.35. The molecule has 1 aromatic carbocycles. The molecule has 0 radical (unpaired) electrons. The average molecular weight is 274 g/mol. The van der Waals surface area contributed by atoms with Gasteiger partial charge in [0.25, 0.3) is 0 Å². The summed E-state index contributed by atoms with van der Waals surface area (Å²) >= 11 is 0. The number of sulfonamides is 1. The Morgan fingerprint density at radius 3 is 2.39 bits per heavy atom. The van der Waals surface area contributed by atoms with Crippen LogP contribution in [0.5, 0.6) is 0 Å². The second-order valence-corrected chi connectivity index (χ2v) is 6.57. The molecule has 0 aromatic heterocycles. The van der Waals surface area contributed by atoms with Crippen LogP contribution < -0.4 is 5.32 Å². The van der Waals surface area contributed by atoms with Gasteiger partial charge in [-0.05, 0) is 18.6 Å². The zero-order valence-corrected chi connectivity index (χ0v) is 10.3. The van der Waals surface area contributed by atoms with Crippen LogP contribution in [0, 0.1) is 11.6 Å². The van der Waals surface area contributed by atoms with Gasteiger partial charge in [0.15, 0.2) is 0 Å². The van der Waals surface area contributed by atoms with Gasteiger partial charge in [0.2, 0.25) is 10.0 Å². The van der Waals surface area contributed by atoms with E-state index in [-0.39, 0.29) is 17.0 Å². The Morgan fingerprint density at radius 1 is 1.22 bits per heavy atom. The summed E-state index contributed by atoms with van der Waals surface area (Å²) in [6.07, 6.45) is 0.761. The van der Waals surface area contributed by atoms with Crippen LogP contribution in [-0.4, -0.2) is 37.9 Å². The molecule has 7 heteroatoms. The fourth-order valence-electron chi connectivity index (χ4n) is 2.63. The van der Waals surface area contributed by atoms with E-state index in [2.05, 4.69) is 5.32 Å². The maximum atomic E-state index is 13.1. The quantitative estimate of drug-likeness (QED) is 0.863. The van der Waals surface area contributed by atoms with Crippen LogP contribution in [0.2, 0.25) is 0 Å². The molecular weight excluding hydrogens is 262 g/mol. The molecule has 18 heavy (non-hydrogen) atoms. The van der Waals surface area contributed by atoms with E-state index in [1.807, 2.05) is 0 Å². The Hall–Kier alpha value is -1.05. The van der Waals surface area contributed by atoms with E-state index >= 15 is 0 Å². The molecular formula is C11H12F2N2O2S. The van der Waals surface area contributed by atoms with Crippen LogP contribution in [0.3, 0.4) is 0 Å². The molecule has 0 spiro atoms. The topological polar surface area (TPSA) is 49.4 Å². The van der Waals surface area contributed by atoms with Gasteiger partial charge in [-0.15, -0.1) is 0 Å². The predicted octanol–water partition coefficient (Wildman–Crippen LogP) is 0.700. The van der Waals surface area contributed by atoms with Gasteiger partial charge in [0.05, 0.1) is 4.90 Å². The molecule has 2 atom stereocenters. The van der Waals surface area contributed by atoms with E-state index < -0.39 is 21.7 Å². The monoisotopic (exact) mass is 274 g/mol. The van der Waals surface area contributed by atoms with Crippen molar-refractivity contribution in [1.29, 1.82) is 0 Å². The summed E-state index contributed by atoms with van der Waals surface area (Å²) in [5.41, 5.74) is 0. The Balaban J connectivity index is 1.99. The van der Waals surface area contributed by atoms with Crippen molar-refractivity contribution in [2.45, 2.75) is 23.4 Å². The van der Waals surface area contributed by atoms with Crippen molar-refractivity contribution in [3.8, 4) is 0 Å². The summed E-state index contributed by atoms with van der Waals surface area (Å²) in [4.78, 5) is -0.312. The van der Waals surface area contributed by atoms with Crippen molar-refractivity contribution in [2.24, 2.45) is 0 Å². The zero-order chi connectivity index (χ0) is 12.9. The van der Waals surface area contributed by atoms with E-state index in [1.165, 1.54) is 4.31 Å². The second kappa shape index (κ2) is 3.97. The molecule has 1 aromatic rings. The van der Waals surface area contributed by atoms with Crippen LogP contribution in [-0.2, 0) is 10.0 Å². The molecule has 2 bridgehead atoms. The fourth-order valence-corrected chi connectivity index (χ4v) is 4.35. The van der Waals surface area contributed by atoms with E-state index in [1.54, 1.807) is 0 Å². The highest BCUT2D eigenvalue weighted by Gasteiger charge is 2.44. The van der Waals surface area contributed by atoms with Crippen molar-refractivity contribution < 1.29 is 17.2 Å². The number of benzene rings is 1. The number of hydrogen-bond donors (Lipinski definition) is 1. The van der Waals surface area contributed by atoms with E-state index in [0.717, 1.165) is 18.6 Å². The number of piperazine rings is 1. The number of nitrogens with one attached hydrogen (secondary N) is 1. The van der Waals surface area contributed by atoms with Crippen LogP contribution >= 0.6 is 0 Å². The van der Waals surface area contributed by atoms with Crippen LogP contribution in [0.25, 0.3) is 0 Å². The molecule has 2 fully saturated rings. The third-order valence-electron chi connectivity index (χ3n) is 3.45. The minimum atomic E-state index is -3.80. The molecule has 2 aliphatic heterocycles. The van der Waals surface area contributed by atoms with Crippen LogP contribution in [0.1, 0.15) is 6.42 Å². The first kappa shape index (κ1) is 12.0.